The fourth-order valence-corrected chi connectivity index (χ4v) is 3.53. The third-order valence-electron chi connectivity index (χ3n) is 4.94. The molecular formula is C18H20N6O2. The Bertz CT molecular complexity index is 942. The van der Waals surface area contributed by atoms with Crippen LogP contribution in [0.15, 0.2) is 36.8 Å². The van der Waals surface area contributed by atoms with Crippen molar-refractivity contribution in [2.75, 3.05) is 7.05 Å². The first-order valence-electron chi connectivity index (χ1n) is 8.52. The third-order valence-corrected chi connectivity index (χ3v) is 4.94. The van der Waals surface area contributed by atoms with Gasteiger partial charge in [0.1, 0.15) is 23.2 Å². The number of piperidine rings is 1. The first-order chi connectivity index (χ1) is 12.5. The highest BCUT2D eigenvalue weighted by atomic mass is 16.2. The zero-order valence-electron chi connectivity index (χ0n) is 14.6. The third kappa shape index (κ3) is 2.73. The van der Waals surface area contributed by atoms with Crippen molar-refractivity contribution in [3.05, 3.63) is 48.3 Å². The van der Waals surface area contributed by atoms with E-state index in [-0.39, 0.29) is 23.9 Å². The number of aromatic amines is 1. The first-order valence-corrected chi connectivity index (χ1v) is 8.52. The Labute approximate surface area is 150 Å². The van der Waals surface area contributed by atoms with Gasteiger partial charge < -0.3 is 19.8 Å². The standard InChI is InChI=1S/C18H20N6O2/c1-23-9-8-20-17(23)15-12(5-6-14(25)24(15)2)22-18(26)13-10-11-4-3-7-19-16(11)21-13/h3-4,7-10,12,15H,5-6H2,1-2H3,(H,19,21)(H,22,26)/t12-,15-/m1/s1. The summed E-state index contributed by atoms with van der Waals surface area (Å²) in [6, 6.07) is 5.00. The van der Waals surface area contributed by atoms with Crippen molar-refractivity contribution in [1.29, 1.82) is 0 Å². The molecule has 26 heavy (non-hydrogen) atoms. The summed E-state index contributed by atoms with van der Waals surface area (Å²) in [5, 5.41) is 3.95. The molecular weight excluding hydrogens is 332 g/mol. The zero-order valence-corrected chi connectivity index (χ0v) is 14.6. The highest BCUT2D eigenvalue weighted by Crippen LogP contribution is 2.30. The molecule has 2 atom stereocenters. The molecule has 4 heterocycles. The van der Waals surface area contributed by atoms with Crippen LogP contribution in [-0.4, -0.2) is 49.3 Å². The van der Waals surface area contributed by atoms with Crippen LogP contribution in [0.25, 0.3) is 11.0 Å². The number of aryl methyl sites for hydroxylation is 1. The summed E-state index contributed by atoms with van der Waals surface area (Å²) in [5.41, 5.74) is 1.13. The zero-order chi connectivity index (χ0) is 18.3. The van der Waals surface area contributed by atoms with Gasteiger partial charge in [-0.15, -0.1) is 0 Å². The van der Waals surface area contributed by atoms with Crippen molar-refractivity contribution >= 4 is 22.8 Å². The van der Waals surface area contributed by atoms with Gasteiger partial charge >= 0.3 is 0 Å². The van der Waals surface area contributed by atoms with Crippen LogP contribution < -0.4 is 5.32 Å². The minimum Gasteiger partial charge on any atom is -0.345 e. The van der Waals surface area contributed by atoms with Crippen LogP contribution in [0.3, 0.4) is 0 Å². The summed E-state index contributed by atoms with van der Waals surface area (Å²) in [5.74, 6) is 0.595. The van der Waals surface area contributed by atoms with E-state index in [9.17, 15) is 9.59 Å². The predicted molar refractivity (Wildman–Crippen MR) is 95.3 cm³/mol. The van der Waals surface area contributed by atoms with Gasteiger partial charge in [0, 0.05) is 44.5 Å². The quantitative estimate of drug-likeness (QED) is 0.744. The molecule has 0 aromatic carbocycles. The van der Waals surface area contributed by atoms with Crippen LogP contribution in [-0.2, 0) is 11.8 Å². The highest BCUT2D eigenvalue weighted by Gasteiger charge is 2.38. The molecule has 0 unspecified atom stereocenters. The molecule has 3 aromatic rings. The normalized spacial score (nSPS) is 20.5. The number of amides is 2. The maximum absolute atomic E-state index is 12.8. The molecule has 4 rings (SSSR count). The Kier molecular flexibility index (Phi) is 3.95. The van der Waals surface area contributed by atoms with E-state index >= 15 is 0 Å². The fraction of sp³-hybridized carbons (Fsp3) is 0.333. The molecule has 1 saturated heterocycles. The molecule has 0 bridgehead atoms. The monoisotopic (exact) mass is 352 g/mol. The van der Waals surface area contributed by atoms with Crippen molar-refractivity contribution < 1.29 is 9.59 Å². The van der Waals surface area contributed by atoms with Gasteiger partial charge in [-0.1, -0.05) is 0 Å². The molecule has 1 aliphatic rings. The minimum atomic E-state index is -0.303. The van der Waals surface area contributed by atoms with E-state index in [0.717, 1.165) is 11.2 Å². The maximum Gasteiger partial charge on any atom is 0.268 e. The predicted octanol–water partition coefficient (Wildman–Crippen LogP) is 1.39. The average Bonchev–Trinajstić information content (AvgIpc) is 3.24. The van der Waals surface area contributed by atoms with Crippen LogP contribution >= 0.6 is 0 Å². The number of nitrogens with zero attached hydrogens (tertiary/aromatic N) is 4. The summed E-state index contributed by atoms with van der Waals surface area (Å²) in [7, 11) is 3.64. The highest BCUT2D eigenvalue weighted by molar-refractivity contribution is 5.97. The van der Waals surface area contributed by atoms with Crippen LogP contribution in [0.2, 0.25) is 0 Å². The number of carbonyl (C=O) groups excluding carboxylic acids is 2. The van der Waals surface area contributed by atoms with Crippen LogP contribution in [0, 0.1) is 0 Å². The number of carbonyl (C=O) groups is 2. The number of nitrogens with one attached hydrogen (secondary N) is 2. The summed E-state index contributed by atoms with van der Waals surface area (Å²) >= 11 is 0. The van der Waals surface area contributed by atoms with E-state index in [2.05, 4.69) is 20.3 Å². The van der Waals surface area contributed by atoms with Gasteiger partial charge in [-0.05, 0) is 24.6 Å². The van der Waals surface area contributed by atoms with Gasteiger partial charge in [-0.2, -0.15) is 0 Å². The Morgan fingerprint density at radius 1 is 1.31 bits per heavy atom. The Hall–Kier alpha value is -3.16. The van der Waals surface area contributed by atoms with Gasteiger partial charge in [0.25, 0.3) is 5.91 Å². The molecule has 8 nitrogen and oxygen atoms in total. The average molecular weight is 352 g/mol. The van der Waals surface area contributed by atoms with Gasteiger partial charge in [0.15, 0.2) is 0 Å². The van der Waals surface area contributed by atoms with Gasteiger partial charge in [0.2, 0.25) is 5.91 Å². The Morgan fingerprint density at radius 2 is 2.15 bits per heavy atom. The van der Waals surface area contributed by atoms with E-state index in [4.69, 9.17) is 0 Å². The summed E-state index contributed by atoms with van der Waals surface area (Å²) in [6.07, 6.45) is 6.19. The molecule has 1 aliphatic heterocycles. The molecule has 2 N–H and O–H groups in total. The second-order valence-corrected chi connectivity index (χ2v) is 6.59. The molecule has 8 heteroatoms. The number of aromatic nitrogens is 4. The number of likely N-dealkylation sites (N-methyl/N-ethyl adjacent to an activating group) is 1. The molecule has 0 radical (unpaired) electrons. The summed E-state index contributed by atoms with van der Waals surface area (Å²) in [6.45, 7) is 0. The lowest BCUT2D eigenvalue weighted by atomic mass is 9.95. The molecule has 0 spiro atoms. The second-order valence-electron chi connectivity index (χ2n) is 6.59. The second kappa shape index (κ2) is 6.29. The fourth-order valence-electron chi connectivity index (χ4n) is 3.53. The summed E-state index contributed by atoms with van der Waals surface area (Å²) < 4.78 is 1.88. The lowest BCUT2D eigenvalue weighted by Crippen LogP contribution is -2.51. The van der Waals surface area contributed by atoms with Crippen molar-refractivity contribution in [1.82, 2.24) is 29.7 Å². The molecule has 0 saturated carbocycles. The number of hydrogen-bond acceptors (Lipinski definition) is 4. The van der Waals surface area contributed by atoms with Crippen molar-refractivity contribution in [2.24, 2.45) is 7.05 Å². The Balaban J connectivity index is 1.61. The molecule has 1 fully saturated rings. The molecule has 0 aliphatic carbocycles. The van der Waals surface area contributed by atoms with Crippen LogP contribution in [0.5, 0.6) is 0 Å². The molecule has 3 aromatic heterocycles. The molecule has 134 valence electrons. The van der Waals surface area contributed by atoms with Crippen LogP contribution in [0.1, 0.15) is 35.2 Å². The largest absolute Gasteiger partial charge is 0.345 e. The topological polar surface area (TPSA) is 95.9 Å². The van der Waals surface area contributed by atoms with Gasteiger partial charge in [0.05, 0.1) is 6.04 Å². The number of hydrogen-bond donors (Lipinski definition) is 2. The lowest BCUT2D eigenvalue weighted by molar-refractivity contribution is -0.136. The smallest absolute Gasteiger partial charge is 0.268 e. The van der Waals surface area contributed by atoms with E-state index in [0.29, 0.717) is 24.2 Å². The van der Waals surface area contributed by atoms with E-state index in [1.54, 1.807) is 30.4 Å². The minimum absolute atomic E-state index is 0.0540. The van der Waals surface area contributed by atoms with Crippen LogP contribution in [0.4, 0.5) is 0 Å². The number of imidazole rings is 1. The first kappa shape index (κ1) is 16.3. The SMILES string of the molecule is CN1C(=O)CC[C@@H](NC(=O)c2cc3cccnc3[nH]2)[C@@H]1c1nccn1C. The van der Waals surface area contributed by atoms with E-state index in [1.807, 2.05) is 29.9 Å². The Morgan fingerprint density at radius 3 is 2.88 bits per heavy atom. The summed E-state index contributed by atoms with van der Waals surface area (Å²) in [4.78, 5) is 38.3. The molecule has 2 amide bonds. The number of likely N-dealkylation sites (tertiary alicyclic amines) is 1. The van der Waals surface area contributed by atoms with E-state index in [1.165, 1.54) is 0 Å². The van der Waals surface area contributed by atoms with Crippen molar-refractivity contribution in [2.45, 2.75) is 24.9 Å². The number of rotatable bonds is 3. The van der Waals surface area contributed by atoms with Crippen molar-refractivity contribution in [3.8, 4) is 0 Å². The van der Waals surface area contributed by atoms with Crippen molar-refractivity contribution in [3.63, 3.8) is 0 Å². The number of H-pyrrole nitrogens is 1. The van der Waals surface area contributed by atoms with E-state index < -0.39 is 0 Å². The van der Waals surface area contributed by atoms with Gasteiger partial charge in [-0.25, -0.2) is 9.97 Å². The number of fused-ring (bicyclic) bond motifs is 1. The lowest BCUT2D eigenvalue weighted by Gasteiger charge is -2.38. The maximum atomic E-state index is 12.8. The van der Waals surface area contributed by atoms with Gasteiger partial charge in [-0.3, -0.25) is 9.59 Å². The number of pyridine rings is 1.